The molecule has 5 atom stereocenters. The monoisotopic (exact) mass is 293 g/mol. The van der Waals surface area contributed by atoms with Gasteiger partial charge in [0.15, 0.2) is 0 Å². The van der Waals surface area contributed by atoms with Crippen molar-refractivity contribution in [2.45, 2.75) is 65.2 Å². The molecule has 1 aliphatic rings. The Kier molecular flexibility index (Phi) is 5.82. The molecule has 21 heavy (non-hydrogen) atoms. The van der Waals surface area contributed by atoms with Crippen molar-refractivity contribution in [1.82, 2.24) is 15.1 Å². The Balaban J connectivity index is 1.99. The highest BCUT2D eigenvalue weighted by molar-refractivity contribution is 5.05. The van der Waals surface area contributed by atoms with Crippen molar-refractivity contribution in [1.29, 1.82) is 0 Å². The Labute approximate surface area is 129 Å². The molecule has 4 heteroatoms. The van der Waals surface area contributed by atoms with Gasteiger partial charge in [-0.15, -0.1) is 0 Å². The number of hydrogen-bond donors (Lipinski definition) is 1. The van der Waals surface area contributed by atoms with Crippen LogP contribution in [0.2, 0.25) is 0 Å². The molecule has 120 valence electrons. The second-order valence-corrected chi connectivity index (χ2v) is 6.60. The summed E-state index contributed by atoms with van der Waals surface area (Å²) in [7, 11) is 1.98. The van der Waals surface area contributed by atoms with Gasteiger partial charge < -0.3 is 10.1 Å². The van der Waals surface area contributed by atoms with Gasteiger partial charge in [-0.3, -0.25) is 4.68 Å². The summed E-state index contributed by atoms with van der Waals surface area (Å²) in [5.74, 6) is 1.21. The van der Waals surface area contributed by atoms with E-state index < -0.39 is 0 Å². The highest BCUT2D eigenvalue weighted by atomic mass is 16.5. The minimum atomic E-state index is 0.346. The van der Waals surface area contributed by atoms with Crippen molar-refractivity contribution in [3.8, 4) is 0 Å². The van der Waals surface area contributed by atoms with Gasteiger partial charge in [0.05, 0.1) is 18.4 Å². The third-order valence-corrected chi connectivity index (χ3v) is 4.94. The minimum Gasteiger partial charge on any atom is -0.375 e. The Bertz CT molecular complexity index is 431. The molecule has 0 aliphatic carbocycles. The zero-order valence-corrected chi connectivity index (χ0v) is 14.2. The summed E-state index contributed by atoms with van der Waals surface area (Å²) in [6.45, 7) is 10.1. The second kappa shape index (κ2) is 7.41. The van der Waals surface area contributed by atoms with Crippen LogP contribution in [0.3, 0.4) is 0 Å². The molecule has 2 rings (SSSR count). The summed E-state index contributed by atoms with van der Waals surface area (Å²) in [5, 5.41) is 8.03. The van der Waals surface area contributed by atoms with Crippen LogP contribution in [0, 0.1) is 11.8 Å². The summed E-state index contributed by atoms with van der Waals surface area (Å²) in [6, 6.07) is 0.528. The number of rotatable bonds is 7. The summed E-state index contributed by atoms with van der Waals surface area (Å²) in [6.07, 6.45) is 8.23. The average Bonchev–Trinajstić information content (AvgIpc) is 2.96. The maximum atomic E-state index is 6.05. The number of nitrogens with one attached hydrogen (secondary N) is 1. The molecule has 1 aliphatic heterocycles. The molecule has 4 nitrogen and oxygen atoms in total. The van der Waals surface area contributed by atoms with Crippen LogP contribution in [0.15, 0.2) is 12.4 Å². The number of nitrogens with zero attached hydrogens (tertiary/aromatic N) is 2. The lowest BCUT2D eigenvalue weighted by Gasteiger charge is -2.30. The van der Waals surface area contributed by atoms with Crippen molar-refractivity contribution >= 4 is 0 Å². The predicted octanol–water partition coefficient (Wildman–Crippen LogP) is 2.78. The molecule has 0 saturated carbocycles. The van der Waals surface area contributed by atoms with Gasteiger partial charge in [-0.05, 0) is 51.1 Å². The van der Waals surface area contributed by atoms with Gasteiger partial charge in [0.2, 0.25) is 0 Å². The highest BCUT2D eigenvalue weighted by Gasteiger charge is 2.41. The first-order chi connectivity index (χ1) is 10.0. The third-order valence-electron chi connectivity index (χ3n) is 4.94. The van der Waals surface area contributed by atoms with Crippen molar-refractivity contribution in [3.05, 3.63) is 18.0 Å². The van der Waals surface area contributed by atoms with E-state index in [0.717, 1.165) is 19.4 Å². The van der Waals surface area contributed by atoms with E-state index in [1.54, 1.807) is 0 Å². The zero-order chi connectivity index (χ0) is 15.4. The highest BCUT2D eigenvalue weighted by Crippen LogP contribution is 2.35. The summed E-state index contributed by atoms with van der Waals surface area (Å²) in [5.41, 5.74) is 1.33. The van der Waals surface area contributed by atoms with Crippen LogP contribution in [-0.2, 0) is 18.2 Å². The fraction of sp³-hybridized carbons (Fsp3) is 0.824. The lowest BCUT2D eigenvalue weighted by molar-refractivity contribution is 0.0472. The SMILES string of the molecule is CCCNC(CCc1cnn(C)c1)C1C(C)OC(C)C1C. The number of ether oxygens (including phenoxy) is 1. The van der Waals surface area contributed by atoms with Crippen LogP contribution in [-0.4, -0.2) is 34.6 Å². The van der Waals surface area contributed by atoms with Crippen LogP contribution < -0.4 is 5.32 Å². The standard InChI is InChI=1S/C17H31N3O/c1-6-9-18-16(8-7-15-10-19-20(5)11-15)17-12(2)13(3)21-14(17)4/h10-14,16-18H,6-9H2,1-5H3. The fourth-order valence-electron chi connectivity index (χ4n) is 3.67. The molecule has 0 amide bonds. The van der Waals surface area contributed by atoms with E-state index in [1.807, 2.05) is 17.9 Å². The largest absolute Gasteiger partial charge is 0.375 e. The molecule has 1 aromatic rings. The lowest BCUT2D eigenvalue weighted by atomic mass is 9.81. The molecule has 0 bridgehead atoms. The molecule has 2 heterocycles. The van der Waals surface area contributed by atoms with Crippen LogP contribution in [0.4, 0.5) is 0 Å². The van der Waals surface area contributed by atoms with Gasteiger partial charge in [0, 0.05) is 25.2 Å². The van der Waals surface area contributed by atoms with Crippen molar-refractivity contribution in [2.24, 2.45) is 18.9 Å². The quantitative estimate of drug-likeness (QED) is 0.840. The van der Waals surface area contributed by atoms with Crippen molar-refractivity contribution in [2.75, 3.05) is 6.54 Å². The molecular weight excluding hydrogens is 262 g/mol. The van der Waals surface area contributed by atoms with Gasteiger partial charge in [-0.25, -0.2) is 0 Å². The van der Waals surface area contributed by atoms with Crippen LogP contribution >= 0.6 is 0 Å². The lowest BCUT2D eigenvalue weighted by Crippen LogP contribution is -2.42. The van der Waals surface area contributed by atoms with Crippen molar-refractivity contribution in [3.63, 3.8) is 0 Å². The van der Waals surface area contributed by atoms with E-state index in [1.165, 1.54) is 12.0 Å². The van der Waals surface area contributed by atoms with E-state index in [-0.39, 0.29) is 0 Å². The molecule has 0 aromatic carbocycles. The predicted molar refractivity (Wildman–Crippen MR) is 86.3 cm³/mol. The Morgan fingerprint density at radius 2 is 2.10 bits per heavy atom. The molecule has 1 N–H and O–H groups in total. The Morgan fingerprint density at radius 3 is 2.62 bits per heavy atom. The molecule has 0 spiro atoms. The van der Waals surface area contributed by atoms with Gasteiger partial charge >= 0.3 is 0 Å². The normalized spacial score (nSPS) is 30.7. The third kappa shape index (κ3) is 4.07. The molecule has 1 saturated heterocycles. The van der Waals surface area contributed by atoms with E-state index in [2.05, 4.69) is 44.3 Å². The second-order valence-electron chi connectivity index (χ2n) is 6.60. The first-order valence-corrected chi connectivity index (χ1v) is 8.39. The van der Waals surface area contributed by atoms with E-state index >= 15 is 0 Å². The number of hydrogen-bond acceptors (Lipinski definition) is 3. The van der Waals surface area contributed by atoms with Gasteiger partial charge in [-0.2, -0.15) is 5.10 Å². The average molecular weight is 293 g/mol. The molecule has 1 fully saturated rings. The fourth-order valence-corrected chi connectivity index (χ4v) is 3.67. The van der Waals surface area contributed by atoms with Gasteiger partial charge in [0.1, 0.15) is 0 Å². The van der Waals surface area contributed by atoms with E-state index in [4.69, 9.17) is 4.74 Å². The molecule has 5 unspecified atom stereocenters. The summed E-state index contributed by atoms with van der Waals surface area (Å²) >= 11 is 0. The first-order valence-electron chi connectivity index (χ1n) is 8.39. The van der Waals surface area contributed by atoms with Gasteiger partial charge in [-0.1, -0.05) is 13.8 Å². The zero-order valence-electron chi connectivity index (χ0n) is 14.2. The first kappa shape index (κ1) is 16.5. The van der Waals surface area contributed by atoms with Crippen LogP contribution in [0.1, 0.15) is 46.1 Å². The van der Waals surface area contributed by atoms with E-state index in [0.29, 0.717) is 30.1 Å². The summed E-state index contributed by atoms with van der Waals surface area (Å²) < 4.78 is 7.93. The Morgan fingerprint density at radius 1 is 1.33 bits per heavy atom. The molecular formula is C17H31N3O. The Hall–Kier alpha value is -0.870. The smallest absolute Gasteiger partial charge is 0.0597 e. The van der Waals surface area contributed by atoms with Crippen LogP contribution in [0.5, 0.6) is 0 Å². The van der Waals surface area contributed by atoms with Gasteiger partial charge in [0.25, 0.3) is 0 Å². The number of aromatic nitrogens is 2. The maximum absolute atomic E-state index is 6.05. The molecule has 1 aromatic heterocycles. The number of aryl methyl sites for hydroxylation is 2. The maximum Gasteiger partial charge on any atom is 0.0597 e. The summed E-state index contributed by atoms with van der Waals surface area (Å²) in [4.78, 5) is 0. The van der Waals surface area contributed by atoms with E-state index in [9.17, 15) is 0 Å². The van der Waals surface area contributed by atoms with Crippen LogP contribution in [0.25, 0.3) is 0 Å². The molecule has 0 radical (unpaired) electrons. The minimum absolute atomic E-state index is 0.346. The topological polar surface area (TPSA) is 39.1 Å². The van der Waals surface area contributed by atoms with Crippen molar-refractivity contribution < 1.29 is 4.74 Å².